The molecule has 0 saturated heterocycles. The van der Waals surface area contributed by atoms with Gasteiger partial charge in [-0.3, -0.25) is 0 Å². The number of anilines is 2. The second-order valence-corrected chi connectivity index (χ2v) is 2.80. The zero-order valence-electron chi connectivity index (χ0n) is 6.37. The summed E-state index contributed by atoms with van der Waals surface area (Å²) in [5.41, 5.74) is 5.66. The third kappa shape index (κ3) is 1.07. The highest BCUT2D eigenvalue weighted by molar-refractivity contribution is 5.61. The van der Waals surface area contributed by atoms with E-state index in [1.807, 2.05) is 6.07 Å². The van der Waals surface area contributed by atoms with Crippen LogP contribution in [-0.4, -0.2) is 11.2 Å². The quantitative estimate of drug-likeness (QED) is 0.671. The highest BCUT2D eigenvalue weighted by atomic mass is 16.5. The fourth-order valence-corrected chi connectivity index (χ4v) is 0.930. The fourth-order valence-electron chi connectivity index (χ4n) is 0.930. The monoisotopic (exact) mass is 164 g/mol. The number of aromatic nitrogens is 1. The van der Waals surface area contributed by atoms with E-state index in [-0.39, 0.29) is 5.88 Å². The van der Waals surface area contributed by atoms with Crippen molar-refractivity contribution in [1.29, 1.82) is 5.26 Å². The molecular formula is C7H8N4O. The van der Waals surface area contributed by atoms with E-state index in [0.29, 0.717) is 17.4 Å². The number of nitrogens with one attached hydrogen (secondary N) is 1. The summed E-state index contributed by atoms with van der Waals surface area (Å²) in [5.74, 6) is 0.554. The molecule has 0 spiro atoms. The molecule has 5 nitrogen and oxygen atoms in total. The van der Waals surface area contributed by atoms with Gasteiger partial charge in [0.15, 0.2) is 11.4 Å². The van der Waals surface area contributed by atoms with Gasteiger partial charge in [0, 0.05) is 6.04 Å². The van der Waals surface area contributed by atoms with E-state index in [1.165, 1.54) is 0 Å². The molecule has 1 saturated carbocycles. The molecule has 5 heteroatoms. The molecule has 3 N–H and O–H groups in total. The number of nitrogens with zero attached hydrogens (tertiary/aromatic N) is 2. The Hall–Kier alpha value is -1.70. The third-order valence-electron chi connectivity index (χ3n) is 1.75. The van der Waals surface area contributed by atoms with Crippen LogP contribution in [0.25, 0.3) is 0 Å². The number of rotatable bonds is 2. The maximum atomic E-state index is 8.65. The molecular weight excluding hydrogens is 156 g/mol. The van der Waals surface area contributed by atoms with Crippen LogP contribution in [0.3, 0.4) is 0 Å². The molecule has 1 aliphatic rings. The number of nitrogens with two attached hydrogens (primary N) is 1. The van der Waals surface area contributed by atoms with Gasteiger partial charge < -0.3 is 15.6 Å². The van der Waals surface area contributed by atoms with Crippen molar-refractivity contribution < 1.29 is 4.52 Å². The smallest absolute Gasteiger partial charge is 0.242 e. The first kappa shape index (κ1) is 6.98. The molecule has 0 aliphatic heterocycles. The van der Waals surface area contributed by atoms with Gasteiger partial charge in [0.25, 0.3) is 0 Å². The second kappa shape index (κ2) is 2.41. The van der Waals surface area contributed by atoms with Crippen LogP contribution < -0.4 is 11.1 Å². The Labute approximate surface area is 69.1 Å². The lowest BCUT2D eigenvalue weighted by Gasteiger charge is -1.95. The Kier molecular flexibility index (Phi) is 1.40. The largest absolute Gasteiger partial charge is 0.366 e. The van der Waals surface area contributed by atoms with Gasteiger partial charge in [0.1, 0.15) is 6.07 Å². The van der Waals surface area contributed by atoms with Crippen LogP contribution in [0, 0.1) is 11.3 Å². The van der Waals surface area contributed by atoms with Crippen molar-refractivity contribution in [1.82, 2.24) is 5.16 Å². The molecule has 0 radical (unpaired) electrons. The summed E-state index contributed by atoms with van der Waals surface area (Å²) < 4.78 is 4.66. The van der Waals surface area contributed by atoms with Gasteiger partial charge in [-0.05, 0) is 12.8 Å². The lowest BCUT2D eigenvalue weighted by atomic mass is 10.3. The molecule has 1 aromatic rings. The maximum absolute atomic E-state index is 8.65. The molecule has 0 bridgehead atoms. The number of nitriles is 1. The van der Waals surface area contributed by atoms with Crippen molar-refractivity contribution in [3.8, 4) is 6.07 Å². The van der Waals surface area contributed by atoms with Crippen molar-refractivity contribution in [2.45, 2.75) is 18.9 Å². The summed E-state index contributed by atoms with van der Waals surface area (Å²) in [7, 11) is 0. The lowest BCUT2D eigenvalue weighted by molar-refractivity contribution is 0.439. The van der Waals surface area contributed by atoms with Gasteiger partial charge in [-0.2, -0.15) is 5.26 Å². The number of nitrogen functional groups attached to an aromatic ring is 1. The van der Waals surface area contributed by atoms with Crippen molar-refractivity contribution in [3.05, 3.63) is 5.56 Å². The summed E-state index contributed by atoms with van der Waals surface area (Å²) in [6.45, 7) is 0. The van der Waals surface area contributed by atoms with Gasteiger partial charge in [0.2, 0.25) is 5.88 Å². The van der Waals surface area contributed by atoms with E-state index in [1.54, 1.807) is 0 Å². The predicted molar refractivity (Wildman–Crippen MR) is 42.3 cm³/mol. The Bertz CT molecular complexity index is 334. The van der Waals surface area contributed by atoms with Crippen molar-refractivity contribution in [3.63, 3.8) is 0 Å². The summed E-state index contributed by atoms with van der Waals surface area (Å²) in [5, 5.41) is 15.3. The summed E-state index contributed by atoms with van der Waals surface area (Å²) in [6, 6.07) is 2.38. The van der Waals surface area contributed by atoms with E-state index >= 15 is 0 Å². The summed E-state index contributed by atoms with van der Waals surface area (Å²) >= 11 is 0. The van der Waals surface area contributed by atoms with E-state index in [9.17, 15) is 0 Å². The first-order valence-corrected chi connectivity index (χ1v) is 3.73. The van der Waals surface area contributed by atoms with E-state index in [0.717, 1.165) is 12.8 Å². The molecule has 0 amide bonds. The molecule has 1 heterocycles. The molecule has 2 rings (SSSR count). The van der Waals surface area contributed by atoms with Gasteiger partial charge in [-0.25, -0.2) is 0 Å². The molecule has 1 aromatic heterocycles. The Morgan fingerprint density at radius 3 is 3.00 bits per heavy atom. The Balaban J connectivity index is 2.24. The highest BCUT2D eigenvalue weighted by Gasteiger charge is 2.24. The fraction of sp³-hybridized carbons (Fsp3) is 0.429. The first-order chi connectivity index (χ1) is 5.81. The predicted octanol–water partition coefficient (Wildman–Crippen LogP) is 0.703. The van der Waals surface area contributed by atoms with Crippen molar-refractivity contribution in [2.24, 2.45) is 0 Å². The van der Waals surface area contributed by atoms with E-state index < -0.39 is 0 Å². The molecule has 0 unspecified atom stereocenters. The number of hydrogen-bond acceptors (Lipinski definition) is 5. The second-order valence-electron chi connectivity index (χ2n) is 2.80. The van der Waals surface area contributed by atoms with Crippen LogP contribution in [0.15, 0.2) is 4.52 Å². The lowest BCUT2D eigenvalue weighted by Crippen LogP contribution is -2.02. The van der Waals surface area contributed by atoms with Crippen molar-refractivity contribution >= 4 is 11.7 Å². The van der Waals surface area contributed by atoms with Crippen LogP contribution in [0.5, 0.6) is 0 Å². The molecule has 12 heavy (non-hydrogen) atoms. The Morgan fingerprint density at radius 1 is 1.67 bits per heavy atom. The van der Waals surface area contributed by atoms with Gasteiger partial charge in [0.05, 0.1) is 0 Å². The highest BCUT2D eigenvalue weighted by Crippen LogP contribution is 2.27. The van der Waals surface area contributed by atoms with Crippen LogP contribution in [0.4, 0.5) is 11.7 Å². The maximum Gasteiger partial charge on any atom is 0.242 e. The topological polar surface area (TPSA) is 87.9 Å². The third-order valence-corrected chi connectivity index (χ3v) is 1.75. The van der Waals surface area contributed by atoms with Crippen LogP contribution in [0.2, 0.25) is 0 Å². The zero-order chi connectivity index (χ0) is 8.55. The van der Waals surface area contributed by atoms with E-state index in [4.69, 9.17) is 11.0 Å². The molecule has 0 atom stereocenters. The molecule has 62 valence electrons. The minimum Gasteiger partial charge on any atom is -0.366 e. The standard InChI is InChI=1S/C7H8N4O/c8-3-5-6(9)12-11-7(5)10-4-1-2-4/h4H,1-2,9H2,(H,10,11). The SMILES string of the molecule is N#Cc1c(NC2CC2)noc1N. The molecule has 0 aromatic carbocycles. The number of hydrogen-bond donors (Lipinski definition) is 2. The average Bonchev–Trinajstić information content (AvgIpc) is 2.78. The Morgan fingerprint density at radius 2 is 2.42 bits per heavy atom. The van der Waals surface area contributed by atoms with Crippen LogP contribution in [-0.2, 0) is 0 Å². The normalized spacial score (nSPS) is 15.6. The van der Waals surface area contributed by atoms with Gasteiger partial charge in [-0.1, -0.05) is 5.16 Å². The zero-order valence-corrected chi connectivity index (χ0v) is 6.37. The van der Waals surface area contributed by atoms with Gasteiger partial charge >= 0.3 is 0 Å². The molecule has 1 aliphatic carbocycles. The minimum atomic E-state index is 0.0839. The average molecular weight is 164 g/mol. The minimum absolute atomic E-state index is 0.0839. The first-order valence-electron chi connectivity index (χ1n) is 3.73. The van der Waals surface area contributed by atoms with Crippen molar-refractivity contribution in [2.75, 3.05) is 11.1 Å². The van der Waals surface area contributed by atoms with Crippen LogP contribution in [0.1, 0.15) is 18.4 Å². The summed E-state index contributed by atoms with van der Waals surface area (Å²) in [6.07, 6.45) is 2.25. The van der Waals surface area contributed by atoms with Crippen LogP contribution >= 0.6 is 0 Å². The van der Waals surface area contributed by atoms with Gasteiger partial charge in [-0.15, -0.1) is 0 Å². The van der Waals surface area contributed by atoms with E-state index in [2.05, 4.69) is 15.0 Å². The molecule has 1 fully saturated rings. The summed E-state index contributed by atoms with van der Waals surface area (Å²) in [4.78, 5) is 0.